The molecule has 1 heterocycles. The van der Waals surface area contributed by atoms with Crippen LogP contribution in [0.1, 0.15) is 22.2 Å². The Morgan fingerprint density at radius 3 is 2.80 bits per heavy atom. The molecular weight excluding hydrogens is 277 g/mol. The Kier molecular flexibility index (Phi) is 4.39. The minimum atomic E-state index is -0.704. The average Bonchev–Trinajstić information content (AvgIpc) is 2.90. The number of amides is 1. The van der Waals surface area contributed by atoms with E-state index < -0.39 is 5.82 Å². The minimum Gasteiger partial charge on any atom is -0.508 e. The zero-order chi connectivity index (χ0) is 14.7. The van der Waals surface area contributed by atoms with E-state index in [0.717, 1.165) is 12.5 Å². The maximum atomic E-state index is 13.7. The van der Waals surface area contributed by atoms with E-state index in [-0.39, 0.29) is 23.3 Å². The van der Waals surface area contributed by atoms with E-state index >= 15 is 0 Å². The Labute approximate surface area is 121 Å². The van der Waals surface area contributed by atoms with Crippen LogP contribution in [-0.4, -0.2) is 29.0 Å². The summed E-state index contributed by atoms with van der Waals surface area (Å²) in [4.78, 5) is 15.0. The maximum absolute atomic E-state index is 13.7. The predicted octanol–water partition coefficient (Wildman–Crippen LogP) is 3.30. The molecule has 20 heavy (non-hydrogen) atoms. The van der Waals surface area contributed by atoms with Crippen molar-refractivity contribution < 1.29 is 14.3 Å². The molecule has 1 atom stereocenters. The van der Waals surface area contributed by atoms with Gasteiger partial charge < -0.3 is 10.0 Å². The van der Waals surface area contributed by atoms with E-state index in [1.165, 1.54) is 21.9 Å². The van der Waals surface area contributed by atoms with Gasteiger partial charge in [0, 0.05) is 30.5 Å². The molecule has 0 fully saturated rings. The van der Waals surface area contributed by atoms with Gasteiger partial charge in [0.2, 0.25) is 0 Å². The largest absolute Gasteiger partial charge is 0.508 e. The number of benzene rings is 1. The van der Waals surface area contributed by atoms with Crippen molar-refractivity contribution in [2.75, 3.05) is 7.05 Å². The zero-order valence-electron chi connectivity index (χ0n) is 11.3. The third-order valence-corrected chi connectivity index (χ3v) is 4.14. The van der Waals surface area contributed by atoms with E-state index in [2.05, 4.69) is 0 Å². The van der Waals surface area contributed by atoms with Gasteiger partial charge in [0.05, 0.1) is 5.56 Å². The van der Waals surface area contributed by atoms with Crippen molar-refractivity contribution in [2.24, 2.45) is 0 Å². The number of likely N-dealkylation sites (N-methyl/N-ethyl adjacent to an activating group) is 1. The van der Waals surface area contributed by atoms with E-state index in [0.29, 0.717) is 0 Å². The Balaban J connectivity index is 2.11. The van der Waals surface area contributed by atoms with Gasteiger partial charge in [0.15, 0.2) is 0 Å². The lowest BCUT2D eigenvalue weighted by molar-refractivity contribution is 0.0739. The Bertz CT molecular complexity index is 598. The number of aromatic hydroxyl groups is 1. The molecule has 1 aromatic heterocycles. The topological polar surface area (TPSA) is 40.5 Å². The van der Waals surface area contributed by atoms with Crippen LogP contribution in [0.3, 0.4) is 0 Å². The summed E-state index contributed by atoms with van der Waals surface area (Å²) < 4.78 is 13.7. The van der Waals surface area contributed by atoms with Gasteiger partial charge >= 0.3 is 0 Å². The second-order valence-corrected chi connectivity index (χ2v) is 5.74. The standard InChI is InChI=1S/C15H16FNO2S/c1-10(8-12-4-3-7-20-12)17(2)15(19)13-6-5-11(18)9-14(13)16/h3-7,9-10,18H,8H2,1-2H3. The molecule has 1 N–H and O–H groups in total. The molecule has 2 rings (SSSR count). The molecule has 106 valence electrons. The molecule has 1 unspecified atom stereocenters. The first kappa shape index (κ1) is 14.5. The highest BCUT2D eigenvalue weighted by Gasteiger charge is 2.21. The van der Waals surface area contributed by atoms with Crippen LogP contribution >= 0.6 is 11.3 Å². The SMILES string of the molecule is CC(Cc1cccs1)N(C)C(=O)c1ccc(O)cc1F. The lowest BCUT2D eigenvalue weighted by atomic mass is 10.1. The summed E-state index contributed by atoms with van der Waals surface area (Å²) in [6.45, 7) is 1.93. The lowest BCUT2D eigenvalue weighted by Crippen LogP contribution is -2.36. The van der Waals surface area contributed by atoms with Crippen LogP contribution in [0.5, 0.6) is 5.75 Å². The Hall–Kier alpha value is -1.88. The van der Waals surface area contributed by atoms with Crippen molar-refractivity contribution in [3.8, 4) is 5.75 Å². The monoisotopic (exact) mass is 293 g/mol. The van der Waals surface area contributed by atoms with Crippen molar-refractivity contribution in [1.82, 2.24) is 4.90 Å². The summed E-state index contributed by atoms with van der Waals surface area (Å²) in [7, 11) is 1.66. The molecule has 5 heteroatoms. The third kappa shape index (κ3) is 3.17. The van der Waals surface area contributed by atoms with Gasteiger partial charge in [-0.25, -0.2) is 4.39 Å². The maximum Gasteiger partial charge on any atom is 0.256 e. The number of hydrogen-bond donors (Lipinski definition) is 1. The molecule has 0 aliphatic heterocycles. The first-order chi connectivity index (χ1) is 9.49. The fourth-order valence-corrected chi connectivity index (χ4v) is 2.75. The molecule has 0 aliphatic rings. The second kappa shape index (κ2) is 6.05. The summed E-state index contributed by atoms with van der Waals surface area (Å²) in [6.07, 6.45) is 0.736. The van der Waals surface area contributed by atoms with Gasteiger partial charge in [-0.2, -0.15) is 0 Å². The molecular formula is C15H16FNO2S. The molecule has 1 amide bonds. The number of hydrogen-bond acceptors (Lipinski definition) is 3. The first-order valence-electron chi connectivity index (χ1n) is 6.27. The summed E-state index contributed by atoms with van der Waals surface area (Å²) in [5.41, 5.74) is -0.0247. The van der Waals surface area contributed by atoms with Gasteiger partial charge in [-0.05, 0) is 30.5 Å². The van der Waals surface area contributed by atoms with Crippen LogP contribution in [-0.2, 0) is 6.42 Å². The van der Waals surface area contributed by atoms with E-state index in [1.807, 2.05) is 24.4 Å². The molecule has 0 radical (unpaired) electrons. The highest BCUT2D eigenvalue weighted by Crippen LogP contribution is 2.19. The molecule has 2 aromatic rings. The smallest absolute Gasteiger partial charge is 0.256 e. The molecule has 0 aliphatic carbocycles. The van der Waals surface area contributed by atoms with Gasteiger partial charge in [0.1, 0.15) is 11.6 Å². The van der Waals surface area contributed by atoms with Crippen molar-refractivity contribution in [2.45, 2.75) is 19.4 Å². The van der Waals surface area contributed by atoms with Gasteiger partial charge in [-0.15, -0.1) is 11.3 Å². The quantitative estimate of drug-likeness (QED) is 0.939. The average molecular weight is 293 g/mol. The van der Waals surface area contributed by atoms with Crippen molar-refractivity contribution in [1.29, 1.82) is 0 Å². The molecule has 3 nitrogen and oxygen atoms in total. The van der Waals surface area contributed by atoms with Crippen LogP contribution in [0.25, 0.3) is 0 Å². The number of nitrogens with zero attached hydrogens (tertiary/aromatic N) is 1. The summed E-state index contributed by atoms with van der Waals surface area (Å²) in [6, 6.07) is 7.52. The van der Waals surface area contributed by atoms with Crippen LogP contribution in [0.4, 0.5) is 4.39 Å². The van der Waals surface area contributed by atoms with Crippen LogP contribution in [0.15, 0.2) is 35.7 Å². The number of carbonyl (C=O) groups excluding carboxylic acids is 1. The van der Waals surface area contributed by atoms with Crippen LogP contribution < -0.4 is 0 Å². The lowest BCUT2D eigenvalue weighted by Gasteiger charge is -2.25. The summed E-state index contributed by atoms with van der Waals surface area (Å²) in [5.74, 6) is -1.27. The van der Waals surface area contributed by atoms with E-state index in [1.54, 1.807) is 18.4 Å². The molecule has 1 aromatic carbocycles. The van der Waals surface area contributed by atoms with Gasteiger partial charge in [-0.3, -0.25) is 4.79 Å². The fourth-order valence-electron chi connectivity index (χ4n) is 1.92. The second-order valence-electron chi connectivity index (χ2n) is 4.71. The van der Waals surface area contributed by atoms with Gasteiger partial charge in [-0.1, -0.05) is 6.07 Å². The van der Waals surface area contributed by atoms with Crippen LogP contribution in [0.2, 0.25) is 0 Å². The predicted molar refractivity (Wildman–Crippen MR) is 77.6 cm³/mol. The number of halogens is 1. The number of phenols is 1. The van der Waals surface area contributed by atoms with E-state index in [4.69, 9.17) is 0 Å². The highest BCUT2D eigenvalue weighted by atomic mass is 32.1. The fraction of sp³-hybridized carbons (Fsp3) is 0.267. The molecule has 0 bridgehead atoms. The number of phenolic OH excluding ortho intramolecular Hbond substituents is 1. The number of carbonyl (C=O) groups is 1. The molecule has 0 saturated carbocycles. The Morgan fingerprint density at radius 1 is 1.45 bits per heavy atom. The summed E-state index contributed by atoms with van der Waals surface area (Å²) in [5, 5.41) is 11.2. The van der Waals surface area contributed by atoms with Crippen molar-refractivity contribution in [3.05, 3.63) is 52.0 Å². The minimum absolute atomic E-state index is 0.0247. The highest BCUT2D eigenvalue weighted by molar-refractivity contribution is 7.09. The van der Waals surface area contributed by atoms with E-state index in [9.17, 15) is 14.3 Å². The number of rotatable bonds is 4. The van der Waals surface area contributed by atoms with Crippen molar-refractivity contribution >= 4 is 17.2 Å². The van der Waals surface area contributed by atoms with Crippen LogP contribution in [0, 0.1) is 5.82 Å². The number of thiophene rings is 1. The third-order valence-electron chi connectivity index (χ3n) is 3.24. The normalized spacial score (nSPS) is 12.2. The Morgan fingerprint density at radius 2 is 2.20 bits per heavy atom. The van der Waals surface area contributed by atoms with Gasteiger partial charge in [0.25, 0.3) is 5.91 Å². The zero-order valence-corrected chi connectivity index (χ0v) is 12.2. The first-order valence-corrected chi connectivity index (χ1v) is 7.15. The molecule has 0 spiro atoms. The summed E-state index contributed by atoms with van der Waals surface area (Å²) >= 11 is 1.64. The van der Waals surface area contributed by atoms with Crippen molar-refractivity contribution in [3.63, 3.8) is 0 Å². The molecule has 0 saturated heterocycles.